The summed E-state index contributed by atoms with van der Waals surface area (Å²) in [6.07, 6.45) is 1.96. The van der Waals surface area contributed by atoms with Gasteiger partial charge in [0.05, 0.1) is 6.04 Å². The first-order valence-corrected chi connectivity index (χ1v) is 5.29. The minimum Gasteiger partial charge on any atom is -0.320 e. The lowest BCUT2D eigenvalue weighted by Crippen LogP contribution is -2.13. The lowest BCUT2D eigenvalue weighted by atomic mass is 9.90. The molecule has 0 aromatic heterocycles. The third-order valence-corrected chi connectivity index (χ3v) is 3.24. The molecule has 3 rings (SSSR count). The van der Waals surface area contributed by atoms with E-state index in [1.54, 1.807) is 0 Å². The average Bonchev–Trinajstić information content (AvgIpc) is 2.26. The van der Waals surface area contributed by atoms with Crippen molar-refractivity contribution < 1.29 is 0 Å². The van der Waals surface area contributed by atoms with Gasteiger partial charge in [-0.2, -0.15) is 0 Å². The molecule has 0 heterocycles. The summed E-state index contributed by atoms with van der Waals surface area (Å²) in [6, 6.07) is 12.2. The lowest BCUT2D eigenvalue weighted by molar-refractivity contribution is 0.903. The molecular formula is C13H10ClN. The van der Waals surface area contributed by atoms with E-state index in [9.17, 15) is 0 Å². The third-order valence-electron chi connectivity index (χ3n) is 2.89. The maximum atomic E-state index is 6.12. The number of nitrogens with two attached hydrogens (primary N) is 1. The van der Waals surface area contributed by atoms with Gasteiger partial charge in [0.2, 0.25) is 0 Å². The quantitative estimate of drug-likeness (QED) is 0.716. The summed E-state index contributed by atoms with van der Waals surface area (Å²) in [7, 11) is 0. The lowest BCUT2D eigenvalue weighted by Gasteiger charge is -2.20. The van der Waals surface area contributed by atoms with Crippen molar-refractivity contribution in [2.75, 3.05) is 0 Å². The Morgan fingerprint density at radius 1 is 1.07 bits per heavy atom. The second kappa shape index (κ2) is 3.09. The molecule has 1 aliphatic carbocycles. The number of hydrogen-bond acceptors (Lipinski definition) is 1. The van der Waals surface area contributed by atoms with Crippen molar-refractivity contribution in [1.82, 2.24) is 0 Å². The molecule has 0 aliphatic heterocycles. The van der Waals surface area contributed by atoms with E-state index in [0.717, 1.165) is 11.1 Å². The van der Waals surface area contributed by atoms with Crippen LogP contribution in [0.1, 0.15) is 17.2 Å². The van der Waals surface area contributed by atoms with E-state index in [4.69, 9.17) is 17.3 Å². The van der Waals surface area contributed by atoms with Crippen molar-refractivity contribution in [2.24, 2.45) is 5.73 Å². The van der Waals surface area contributed by atoms with Crippen LogP contribution in [0.3, 0.4) is 0 Å². The number of hydrogen-bond donors (Lipinski definition) is 1. The fourth-order valence-electron chi connectivity index (χ4n) is 2.17. The van der Waals surface area contributed by atoms with Crippen molar-refractivity contribution in [3.05, 3.63) is 52.6 Å². The van der Waals surface area contributed by atoms with E-state index < -0.39 is 0 Å². The first kappa shape index (κ1) is 8.96. The van der Waals surface area contributed by atoms with Crippen molar-refractivity contribution in [3.8, 4) is 0 Å². The van der Waals surface area contributed by atoms with Crippen LogP contribution in [0, 0.1) is 0 Å². The Hall–Kier alpha value is -1.31. The Kier molecular flexibility index (Phi) is 1.84. The van der Waals surface area contributed by atoms with Crippen molar-refractivity contribution >= 4 is 28.4 Å². The van der Waals surface area contributed by atoms with Gasteiger partial charge >= 0.3 is 0 Å². The molecule has 0 saturated heterocycles. The van der Waals surface area contributed by atoms with E-state index in [-0.39, 0.29) is 6.04 Å². The molecule has 74 valence electrons. The van der Waals surface area contributed by atoms with E-state index in [1.807, 2.05) is 24.3 Å². The maximum absolute atomic E-state index is 6.12. The minimum atomic E-state index is -0.176. The molecule has 2 N–H and O–H groups in total. The number of benzene rings is 2. The smallest absolute Gasteiger partial charge is 0.0666 e. The van der Waals surface area contributed by atoms with E-state index in [0.29, 0.717) is 5.03 Å². The fourth-order valence-corrected chi connectivity index (χ4v) is 2.40. The summed E-state index contributed by atoms with van der Waals surface area (Å²) in [6.45, 7) is 0. The van der Waals surface area contributed by atoms with Crippen LogP contribution in [0.25, 0.3) is 16.8 Å². The van der Waals surface area contributed by atoms with Crippen molar-refractivity contribution in [2.45, 2.75) is 6.04 Å². The van der Waals surface area contributed by atoms with Gasteiger partial charge < -0.3 is 5.73 Å². The predicted molar refractivity (Wildman–Crippen MR) is 64.7 cm³/mol. The van der Waals surface area contributed by atoms with Crippen molar-refractivity contribution in [1.29, 1.82) is 0 Å². The molecule has 1 nitrogen and oxygen atoms in total. The minimum absolute atomic E-state index is 0.176. The Morgan fingerprint density at radius 2 is 1.80 bits per heavy atom. The monoisotopic (exact) mass is 215 g/mol. The van der Waals surface area contributed by atoms with Gasteiger partial charge in [0.25, 0.3) is 0 Å². The highest BCUT2D eigenvalue weighted by molar-refractivity contribution is 6.33. The highest BCUT2D eigenvalue weighted by Crippen LogP contribution is 2.37. The summed E-state index contributed by atoms with van der Waals surface area (Å²) in [5, 5.41) is 3.17. The van der Waals surface area contributed by atoms with Gasteiger partial charge in [0, 0.05) is 5.03 Å². The molecule has 2 aromatic carbocycles. The van der Waals surface area contributed by atoms with Crippen LogP contribution >= 0.6 is 11.6 Å². The second-order valence-electron chi connectivity index (χ2n) is 3.80. The molecule has 2 heteroatoms. The first-order chi connectivity index (χ1) is 7.27. The summed E-state index contributed by atoms with van der Waals surface area (Å²) < 4.78 is 0. The molecule has 15 heavy (non-hydrogen) atoms. The summed E-state index contributed by atoms with van der Waals surface area (Å²) >= 11 is 6.12. The molecule has 1 aliphatic rings. The van der Waals surface area contributed by atoms with Gasteiger partial charge in [0.15, 0.2) is 0 Å². The Labute approximate surface area is 93.2 Å². The van der Waals surface area contributed by atoms with Crippen LogP contribution in [-0.4, -0.2) is 0 Å². The van der Waals surface area contributed by atoms with Crippen LogP contribution < -0.4 is 5.73 Å². The number of rotatable bonds is 0. The molecule has 0 bridgehead atoms. The van der Waals surface area contributed by atoms with E-state index >= 15 is 0 Å². The molecular weight excluding hydrogens is 206 g/mol. The fraction of sp³-hybridized carbons (Fsp3) is 0.0769. The topological polar surface area (TPSA) is 26.0 Å². The molecule has 0 fully saturated rings. The Bertz CT molecular complexity index is 567. The number of halogens is 1. The van der Waals surface area contributed by atoms with E-state index in [1.165, 1.54) is 10.8 Å². The van der Waals surface area contributed by atoms with Crippen LogP contribution in [-0.2, 0) is 0 Å². The van der Waals surface area contributed by atoms with Gasteiger partial charge in [-0.1, -0.05) is 48.0 Å². The van der Waals surface area contributed by atoms with Crippen LogP contribution in [0.15, 0.2) is 41.4 Å². The normalized spacial score (nSPS) is 19.1. The largest absolute Gasteiger partial charge is 0.320 e. The zero-order valence-electron chi connectivity index (χ0n) is 8.07. The van der Waals surface area contributed by atoms with Gasteiger partial charge in [-0.3, -0.25) is 0 Å². The Balaban J connectivity index is 2.49. The zero-order chi connectivity index (χ0) is 10.4. The molecule has 0 radical (unpaired) electrons. The molecule has 0 saturated carbocycles. The standard InChI is InChI=1S/C13H10ClN/c14-11-7-9-5-1-3-8-4-2-6-10(12(8)9)13(11)15/h1-7,13H,15H2. The van der Waals surface area contributed by atoms with Crippen molar-refractivity contribution in [3.63, 3.8) is 0 Å². The maximum Gasteiger partial charge on any atom is 0.0666 e. The molecule has 1 unspecified atom stereocenters. The zero-order valence-corrected chi connectivity index (χ0v) is 8.83. The van der Waals surface area contributed by atoms with Crippen LogP contribution in [0.2, 0.25) is 0 Å². The van der Waals surface area contributed by atoms with Gasteiger partial charge in [-0.25, -0.2) is 0 Å². The highest BCUT2D eigenvalue weighted by atomic mass is 35.5. The predicted octanol–water partition coefficient (Wildman–Crippen LogP) is 3.43. The first-order valence-electron chi connectivity index (χ1n) is 4.92. The summed E-state index contributed by atoms with van der Waals surface area (Å²) in [5.74, 6) is 0. The van der Waals surface area contributed by atoms with Crippen LogP contribution in [0.4, 0.5) is 0 Å². The molecule has 1 atom stereocenters. The van der Waals surface area contributed by atoms with Gasteiger partial charge in [-0.15, -0.1) is 0 Å². The summed E-state index contributed by atoms with van der Waals surface area (Å²) in [4.78, 5) is 0. The summed E-state index contributed by atoms with van der Waals surface area (Å²) in [5.41, 5.74) is 8.33. The SMILES string of the molecule is NC1C(Cl)=Cc2cccc3cccc1c23. The van der Waals surface area contributed by atoms with Gasteiger partial charge in [0.1, 0.15) is 0 Å². The highest BCUT2D eigenvalue weighted by Gasteiger charge is 2.19. The van der Waals surface area contributed by atoms with Gasteiger partial charge in [-0.05, 0) is 28.0 Å². The molecule has 0 spiro atoms. The second-order valence-corrected chi connectivity index (χ2v) is 4.24. The average molecular weight is 216 g/mol. The molecule has 0 amide bonds. The van der Waals surface area contributed by atoms with E-state index in [2.05, 4.69) is 18.2 Å². The Morgan fingerprint density at radius 3 is 2.60 bits per heavy atom. The molecule has 2 aromatic rings. The third kappa shape index (κ3) is 1.21. The van der Waals surface area contributed by atoms with Crippen LogP contribution in [0.5, 0.6) is 0 Å².